The summed E-state index contributed by atoms with van der Waals surface area (Å²) >= 11 is 5.94. The molecule has 1 atom stereocenters. The summed E-state index contributed by atoms with van der Waals surface area (Å²) in [7, 11) is 1.81. The standard InChI is InChI=1S/C10H11ClN4O/c1-6(16)8-9(12-5-13-10(8)11)7-3-14-15(2)4-7/h3-6,16H,1-2H3/t6-/m0/s1. The number of rotatable bonds is 2. The number of nitrogens with zero attached hydrogens (tertiary/aromatic N) is 4. The number of halogens is 1. The second-order valence-corrected chi connectivity index (χ2v) is 3.86. The Balaban J connectivity index is 2.60. The molecule has 0 saturated carbocycles. The van der Waals surface area contributed by atoms with Gasteiger partial charge in [0.15, 0.2) is 0 Å². The van der Waals surface area contributed by atoms with Crippen molar-refractivity contribution in [2.24, 2.45) is 7.05 Å². The maximum absolute atomic E-state index is 9.66. The van der Waals surface area contributed by atoms with Gasteiger partial charge < -0.3 is 5.11 Å². The molecule has 0 aliphatic heterocycles. The molecule has 0 unspecified atom stereocenters. The van der Waals surface area contributed by atoms with Crippen molar-refractivity contribution in [2.45, 2.75) is 13.0 Å². The van der Waals surface area contributed by atoms with E-state index in [1.165, 1.54) is 6.33 Å². The minimum atomic E-state index is -0.719. The molecule has 2 aromatic heterocycles. The third kappa shape index (κ3) is 1.91. The molecule has 1 N–H and O–H groups in total. The fourth-order valence-corrected chi connectivity index (χ4v) is 1.81. The molecule has 2 heterocycles. The van der Waals surface area contributed by atoms with Gasteiger partial charge in [0.05, 0.1) is 18.0 Å². The third-order valence-corrected chi connectivity index (χ3v) is 2.53. The highest BCUT2D eigenvalue weighted by molar-refractivity contribution is 6.30. The minimum absolute atomic E-state index is 0.267. The highest BCUT2D eigenvalue weighted by Crippen LogP contribution is 2.29. The second-order valence-electron chi connectivity index (χ2n) is 3.51. The molecule has 84 valence electrons. The Morgan fingerprint density at radius 3 is 2.75 bits per heavy atom. The van der Waals surface area contributed by atoms with E-state index in [1.54, 1.807) is 17.8 Å². The summed E-state index contributed by atoms with van der Waals surface area (Å²) in [6.07, 6.45) is 4.13. The van der Waals surface area contributed by atoms with E-state index in [9.17, 15) is 5.11 Å². The predicted molar refractivity (Wildman–Crippen MR) is 59.9 cm³/mol. The Kier molecular flexibility index (Phi) is 2.89. The number of aliphatic hydroxyl groups excluding tert-OH is 1. The molecule has 0 radical (unpaired) electrons. The molecule has 5 nitrogen and oxygen atoms in total. The van der Waals surface area contributed by atoms with Crippen LogP contribution >= 0.6 is 11.6 Å². The SMILES string of the molecule is C[C@H](O)c1c(Cl)ncnc1-c1cnn(C)c1. The Labute approximate surface area is 97.7 Å². The predicted octanol–water partition coefficient (Wildman–Crippen LogP) is 1.58. The molecule has 0 aliphatic rings. The van der Waals surface area contributed by atoms with E-state index >= 15 is 0 Å². The van der Waals surface area contributed by atoms with E-state index in [-0.39, 0.29) is 5.15 Å². The van der Waals surface area contributed by atoms with E-state index in [0.29, 0.717) is 11.3 Å². The summed E-state index contributed by atoms with van der Waals surface area (Å²) < 4.78 is 1.66. The molecule has 0 saturated heterocycles. The van der Waals surface area contributed by atoms with E-state index < -0.39 is 6.10 Å². The van der Waals surface area contributed by atoms with Gasteiger partial charge in [0.2, 0.25) is 0 Å². The molecular weight excluding hydrogens is 228 g/mol. The zero-order chi connectivity index (χ0) is 11.7. The van der Waals surface area contributed by atoms with Gasteiger partial charge in [-0.3, -0.25) is 4.68 Å². The van der Waals surface area contributed by atoms with Gasteiger partial charge in [-0.2, -0.15) is 5.10 Å². The summed E-state index contributed by atoms with van der Waals surface area (Å²) in [6, 6.07) is 0. The zero-order valence-corrected chi connectivity index (χ0v) is 9.68. The van der Waals surface area contributed by atoms with E-state index in [1.807, 2.05) is 13.2 Å². The smallest absolute Gasteiger partial charge is 0.138 e. The highest BCUT2D eigenvalue weighted by atomic mass is 35.5. The van der Waals surface area contributed by atoms with Crippen molar-refractivity contribution in [3.63, 3.8) is 0 Å². The van der Waals surface area contributed by atoms with Gasteiger partial charge >= 0.3 is 0 Å². The molecule has 0 fully saturated rings. The molecule has 16 heavy (non-hydrogen) atoms. The van der Waals surface area contributed by atoms with E-state index in [4.69, 9.17) is 11.6 Å². The van der Waals surface area contributed by atoms with Gasteiger partial charge in [-0.1, -0.05) is 11.6 Å². The first kappa shape index (κ1) is 11.0. The molecule has 0 aromatic carbocycles. The van der Waals surface area contributed by atoms with Crippen LogP contribution < -0.4 is 0 Å². The van der Waals surface area contributed by atoms with Crippen LogP contribution in [0.4, 0.5) is 0 Å². The lowest BCUT2D eigenvalue weighted by molar-refractivity contribution is 0.199. The number of aryl methyl sites for hydroxylation is 1. The fraction of sp³-hybridized carbons (Fsp3) is 0.300. The molecule has 0 amide bonds. The topological polar surface area (TPSA) is 63.8 Å². The molecule has 6 heteroatoms. The van der Waals surface area contributed by atoms with Crippen LogP contribution in [0.2, 0.25) is 5.15 Å². The van der Waals surface area contributed by atoms with Crippen LogP contribution in [0.1, 0.15) is 18.6 Å². The summed E-state index contributed by atoms with van der Waals surface area (Å²) in [5, 5.41) is 14.0. The first-order chi connectivity index (χ1) is 7.59. The van der Waals surface area contributed by atoms with Crippen LogP contribution in [0, 0.1) is 0 Å². The van der Waals surface area contributed by atoms with E-state index in [0.717, 1.165) is 5.56 Å². The van der Waals surface area contributed by atoms with Gasteiger partial charge in [0.25, 0.3) is 0 Å². The number of hydrogen-bond acceptors (Lipinski definition) is 4. The Morgan fingerprint density at radius 2 is 2.19 bits per heavy atom. The van der Waals surface area contributed by atoms with Crippen LogP contribution in [-0.4, -0.2) is 24.9 Å². The Hall–Kier alpha value is -1.46. The summed E-state index contributed by atoms with van der Waals surface area (Å²) in [6.45, 7) is 1.63. The van der Waals surface area contributed by atoms with Crippen molar-refractivity contribution in [1.82, 2.24) is 19.7 Å². The molecule has 0 aliphatic carbocycles. The van der Waals surface area contributed by atoms with Gasteiger partial charge in [-0.15, -0.1) is 0 Å². The number of aromatic nitrogens is 4. The molecule has 2 rings (SSSR count). The van der Waals surface area contributed by atoms with Crippen molar-refractivity contribution < 1.29 is 5.11 Å². The highest BCUT2D eigenvalue weighted by Gasteiger charge is 2.16. The largest absolute Gasteiger partial charge is 0.389 e. The monoisotopic (exact) mass is 238 g/mol. The van der Waals surface area contributed by atoms with Crippen molar-refractivity contribution in [2.75, 3.05) is 0 Å². The molecule has 0 spiro atoms. The van der Waals surface area contributed by atoms with Gasteiger partial charge in [-0.25, -0.2) is 9.97 Å². The summed E-state index contributed by atoms with van der Waals surface area (Å²) in [5.74, 6) is 0. The average Bonchev–Trinajstić information content (AvgIpc) is 2.63. The summed E-state index contributed by atoms with van der Waals surface area (Å²) in [4.78, 5) is 8.00. The number of aliphatic hydroxyl groups is 1. The Morgan fingerprint density at radius 1 is 1.44 bits per heavy atom. The minimum Gasteiger partial charge on any atom is -0.389 e. The lowest BCUT2D eigenvalue weighted by Gasteiger charge is -2.10. The van der Waals surface area contributed by atoms with Gasteiger partial charge in [0.1, 0.15) is 11.5 Å². The Bertz CT molecular complexity index is 509. The molecule has 2 aromatic rings. The summed E-state index contributed by atoms with van der Waals surface area (Å²) in [5.41, 5.74) is 1.95. The maximum atomic E-state index is 9.66. The quantitative estimate of drug-likeness (QED) is 0.807. The van der Waals surface area contributed by atoms with Gasteiger partial charge in [-0.05, 0) is 6.92 Å². The van der Waals surface area contributed by atoms with Crippen molar-refractivity contribution in [3.8, 4) is 11.3 Å². The number of hydrogen-bond donors (Lipinski definition) is 1. The van der Waals surface area contributed by atoms with Crippen LogP contribution in [0.15, 0.2) is 18.7 Å². The molecule has 0 bridgehead atoms. The first-order valence-corrected chi connectivity index (χ1v) is 5.15. The van der Waals surface area contributed by atoms with Crippen LogP contribution in [0.3, 0.4) is 0 Å². The lowest BCUT2D eigenvalue weighted by atomic mass is 10.1. The zero-order valence-electron chi connectivity index (χ0n) is 8.92. The van der Waals surface area contributed by atoms with Crippen molar-refractivity contribution >= 4 is 11.6 Å². The van der Waals surface area contributed by atoms with Crippen LogP contribution in [0.5, 0.6) is 0 Å². The van der Waals surface area contributed by atoms with Crippen LogP contribution in [0.25, 0.3) is 11.3 Å². The third-order valence-electron chi connectivity index (χ3n) is 2.23. The fourth-order valence-electron chi connectivity index (χ4n) is 1.52. The van der Waals surface area contributed by atoms with Crippen molar-refractivity contribution in [1.29, 1.82) is 0 Å². The average molecular weight is 239 g/mol. The lowest BCUT2D eigenvalue weighted by Crippen LogP contribution is -2.00. The van der Waals surface area contributed by atoms with Crippen molar-refractivity contribution in [3.05, 3.63) is 29.4 Å². The van der Waals surface area contributed by atoms with Gasteiger partial charge in [0, 0.05) is 24.4 Å². The maximum Gasteiger partial charge on any atom is 0.138 e. The van der Waals surface area contributed by atoms with E-state index in [2.05, 4.69) is 15.1 Å². The van der Waals surface area contributed by atoms with Crippen LogP contribution in [-0.2, 0) is 7.05 Å². The second kappa shape index (κ2) is 4.19. The normalized spacial score (nSPS) is 12.8. The first-order valence-electron chi connectivity index (χ1n) is 4.77. The molecular formula is C10H11ClN4O.